The molecule has 29 heavy (non-hydrogen) atoms. The Kier molecular flexibility index (Phi) is 4.62. The standard InChI is InChI=1S/C20H19N3O5S/c1-20-9-7-16(25)23(20)14-6-4-3-5-12(14)18(26)22(20)11-15(24)21-17-13(8-10-29-17)19(27)28-2/h3-6,8,10H,7,9,11H2,1-2H3,(H,21,24). The Hall–Kier alpha value is -3.20. The first-order valence-electron chi connectivity index (χ1n) is 9.06. The number of fused-ring (bicyclic) bond motifs is 3. The van der Waals surface area contributed by atoms with Crippen molar-refractivity contribution < 1.29 is 23.9 Å². The molecule has 1 saturated heterocycles. The molecule has 1 aromatic heterocycles. The lowest BCUT2D eigenvalue weighted by Crippen LogP contribution is -2.63. The summed E-state index contributed by atoms with van der Waals surface area (Å²) in [4.78, 5) is 53.3. The molecule has 2 aliphatic rings. The summed E-state index contributed by atoms with van der Waals surface area (Å²) in [6, 6.07) is 8.48. The molecule has 9 heteroatoms. The van der Waals surface area contributed by atoms with Crippen LogP contribution in [-0.2, 0) is 14.3 Å². The van der Waals surface area contributed by atoms with Gasteiger partial charge in [0.2, 0.25) is 11.8 Å². The van der Waals surface area contributed by atoms with Gasteiger partial charge in [-0.25, -0.2) is 4.79 Å². The molecule has 1 aromatic carbocycles. The highest BCUT2D eigenvalue weighted by molar-refractivity contribution is 7.14. The topological polar surface area (TPSA) is 96.0 Å². The molecule has 1 fully saturated rings. The number of rotatable bonds is 4. The van der Waals surface area contributed by atoms with E-state index in [0.717, 1.165) is 0 Å². The summed E-state index contributed by atoms with van der Waals surface area (Å²) < 4.78 is 4.72. The van der Waals surface area contributed by atoms with E-state index < -0.39 is 17.5 Å². The third kappa shape index (κ3) is 2.98. The Morgan fingerprint density at radius 3 is 2.76 bits per heavy atom. The number of thiophene rings is 1. The molecule has 150 valence electrons. The lowest BCUT2D eigenvalue weighted by molar-refractivity contribution is -0.120. The molecule has 0 radical (unpaired) electrons. The number of ether oxygens (including phenoxy) is 1. The van der Waals surface area contributed by atoms with Gasteiger partial charge in [-0.1, -0.05) is 12.1 Å². The Morgan fingerprint density at radius 1 is 1.24 bits per heavy atom. The summed E-state index contributed by atoms with van der Waals surface area (Å²) in [5, 5.41) is 4.71. The van der Waals surface area contributed by atoms with E-state index in [0.29, 0.717) is 29.1 Å². The maximum absolute atomic E-state index is 13.2. The van der Waals surface area contributed by atoms with Crippen LogP contribution in [0, 0.1) is 0 Å². The normalized spacial score (nSPS) is 20.3. The van der Waals surface area contributed by atoms with Gasteiger partial charge in [0.05, 0.1) is 23.9 Å². The van der Waals surface area contributed by atoms with Gasteiger partial charge in [-0.3, -0.25) is 19.3 Å². The van der Waals surface area contributed by atoms with Crippen LogP contribution in [0.5, 0.6) is 0 Å². The SMILES string of the molecule is COC(=O)c1ccsc1NC(=O)CN1C(=O)c2ccccc2N2C(=O)CCC12C. The molecule has 0 aliphatic carbocycles. The highest BCUT2D eigenvalue weighted by Crippen LogP contribution is 2.43. The quantitative estimate of drug-likeness (QED) is 0.777. The second-order valence-corrected chi connectivity index (χ2v) is 7.97. The van der Waals surface area contributed by atoms with E-state index in [1.165, 1.54) is 23.3 Å². The number of hydrogen-bond donors (Lipinski definition) is 1. The van der Waals surface area contributed by atoms with E-state index in [1.807, 2.05) is 0 Å². The van der Waals surface area contributed by atoms with Crippen molar-refractivity contribution in [3.8, 4) is 0 Å². The van der Waals surface area contributed by atoms with Crippen LogP contribution in [0.3, 0.4) is 0 Å². The van der Waals surface area contributed by atoms with Gasteiger partial charge in [-0.2, -0.15) is 0 Å². The predicted molar refractivity (Wildman–Crippen MR) is 107 cm³/mol. The number of benzene rings is 1. The molecule has 8 nitrogen and oxygen atoms in total. The number of nitrogens with zero attached hydrogens (tertiary/aromatic N) is 2. The van der Waals surface area contributed by atoms with Crippen molar-refractivity contribution in [1.29, 1.82) is 0 Å². The second-order valence-electron chi connectivity index (χ2n) is 7.06. The molecule has 0 saturated carbocycles. The van der Waals surface area contributed by atoms with Crippen molar-refractivity contribution >= 4 is 45.7 Å². The summed E-state index contributed by atoms with van der Waals surface area (Å²) >= 11 is 1.19. The van der Waals surface area contributed by atoms with Crippen molar-refractivity contribution in [3.05, 3.63) is 46.8 Å². The van der Waals surface area contributed by atoms with Crippen molar-refractivity contribution in [3.63, 3.8) is 0 Å². The van der Waals surface area contributed by atoms with Crippen molar-refractivity contribution in [2.24, 2.45) is 0 Å². The number of amides is 3. The molecule has 0 spiro atoms. The van der Waals surface area contributed by atoms with E-state index in [9.17, 15) is 19.2 Å². The molecule has 3 heterocycles. The number of hydrogen-bond acceptors (Lipinski definition) is 6. The maximum Gasteiger partial charge on any atom is 0.340 e. The molecule has 4 rings (SSSR count). The Balaban J connectivity index is 1.62. The summed E-state index contributed by atoms with van der Waals surface area (Å²) in [6.07, 6.45) is 0.735. The summed E-state index contributed by atoms with van der Waals surface area (Å²) in [5.41, 5.74) is 0.301. The number of anilines is 2. The van der Waals surface area contributed by atoms with Crippen LogP contribution in [-0.4, -0.2) is 47.9 Å². The molecule has 3 amide bonds. The Bertz CT molecular complexity index is 1030. The average molecular weight is 413 g/mol. The third-order valence-electron chi connectivity index (χ3n) is 5.37. The molecule has 1 N–H and O–H groups in total. The number of carbonyl (C=O) groups is 4. The van der Waals surface area contributed by atoms with Crippen molar-refractivity contribution in [2.45, 2.75) is 25.4 Å². The highest BCUT2D eigenvalue weighted by atomic mass is 32.1. The van der Waals surface area contributed by atoms with Gasteiger partial charge >= 0.3 is 5.97 Å². The zero-order chi connectivity index (χ0) is 20.8. The number of esters is 1. The van der Waals surface area contributed by atoms with Crippen molar-refractivity contribution in [1.82, 2.24) is 4.90 Å². The molecule has 2 aliphatic heterocycles. The summed E-state index contributed by atoms with van der Waals surface area (Å²) in [6.45, 7) is 1.55. The zero-order valence-electron chi connectivity index (χ0n) is 15.9. The van der Waals surface area contributed by atoms with Gasteiger partial charge in [-0.15, -0.1) is 11.3 Å². The van der Waals surface area contributed by atoms with Crippen LogP contribution in [0.1, 0.15) is 40.5 Å². The fourth-order valence-corrected chi connectivity index (χ4v) is 4.72. The minimum atomic E-state index is -0.916. The number of methoxy groups -OCH3 is 1. The van der Waals surface area contributed by atoms with Gasteiger partial charge in [-0.05, 0) is 36.9 Å². The monoisotopic (exact) mass is 413 g/mol. The Labute approximate surface area is 171 Å². The lowest BCUT2D eigenvalue weighted by atomic mass is 9.98. The second kappa shape index (κ2) is 7.00. The molecule has 2 aromatic rings. The molecule has 0 bridgehead atoms. The number of carbonyl (C=O) groups excluding carboxylic acids is 4. The number of nitrogens with one attached hydrogen (secondary N) is 1. The van der Waals surface area contributed by atoms with Crippen LogP contribution in [0.2, 0.25) is 0 Å². The first kappa shape index (κ1) is 19.1. The van der Waals surface area contributed by atoms with E-state index in [2.05, 4.69) is 5.32 Å². The minimum absolute atomic E-state index is 0.0795. The smallest absolute Gasteiger partial charge is 0.340 e. The van der Waals surface area contributed by atoms with Gasteiger partial charge < -0.3 is 15.0 Å². The molecular weight excluding hydrogens is 394 g/mol. The minimum Gasteiger partial charge on any atom is -0.465 e. The van der Waals surface area contributed by atoms with Crippen molar-refractivity contribution in [2.75, 3.05) is 23.9 Å². The fraction of sp³-hybridized carbons (Fsp3) is 0.300. The molecule has 1 unspecified atom stereocenters. The average Bonchev–Trinajstić information content (AvgIpc) is 3.29. The van der Waals surface area contributed by atoms with Gasteiger partial charge in [0.25, 0.3) is 5.91 Å². The third-order valence-corrected chi connectivity index (χ3v) is 6.20. The summed E-state index contributed by atoms with van der Waals surface area (Å²) in [7, 11) is 1.27. The van der Waals surface area contributed by atoms with E-state index in [1.54, 1.807) is 47.5 Å². The van der Waals surface area contributed by atoms with Gasteiger partial charge in [0.15, 0.2) is 0 Å². The highest BCUT2D eigenvalue weighted by Gasteiger charge is 2.53. The largest absolute Gasteiger partial charge is 0.465 e. The van der Waals surface area contributed by atoms with Crippen LogP contribution in [0.25, 0.3) is 0 Å². The molecule has 1 atom stereocenters. The fourth-order valence-electron chi connectivity index (χ4n) is 3.93. The van der Waals surface area contributed by atoms with Crippen LogP contribution in [0.15, 0.2) is 35.7 Å². The van der Waals surface area contributed by atoms with E-state index in [-0.39, 0.29) is 23.9 Å². The van der Waals surface area contributed by atoms with E-state index in [4.69, 9.17) is 4.74 Å². The summed E-state index contributed by atoms with van der Waals surface area (Å²) in [5.74, 6) is -1.39. The Morgan fingerprint density at radius 2 is 2.00 bits per heavy atom. The first-order chi connectivity index (χ1) is 13.9. The molecular formula is C20H19N3O5S. The number of para-hydroxylation sites is 1. The zero-order valence-corrected chi connectivity index (χ0v) is 16.7. The van der Waals surface area contributed by atoms with E-state index >= 15 is 0 Å². The maximum atomic E-state index is 13.2. The first-order valence-corrected chi connectivity index (χ1v) is 9.94. The van der Waals surface area contributed by atoms with Gasteiger partial charge in [0.1, 0.15) is 17.2 Å². The van der Waals surface area contributed by atoms with Crippen LogP contribution < -0.4 is 10.2 Å². The van der Waals surface area contributed by atoms with Crippen LogP contribution >= 0.6 is 11.3 Å². The van der Waals surface area contributed by atoms with Gasteiger partial charge in [0, 0.05) is 6.42 Å². The van der Waals surface area contributed by atoms with Crippen LogP contribution in [0.4, 0.5) is 10.7 Å². The lowest BCUT2D eigenvalue weighted by Gasteiger charge is -2.48. The predicted octanol–water partition coefficient (Wildman–Crippen LogP) is 2.47.